The Bertz CT molecular complexity index is 759. The second-order valence-corrected chi connectivity index (χ2v) is 6.53. The quantitative estimate of drug-likeness (QED) is 0.846. The predicted molar refractivity (Wildman–Crippen MR) is 84.4 cm³/mol. The van der Waals surface area contributed by atoms with Crippen molar-refractivity contribution >= 4 is 33.0 Å². The maximum Gasteiger partial charge on any atom is 0.263 e. The number of benzene rings is 2. The summed E-state index contributed by atoms with van der Waals surface area (Å²) in [6.45, 7) is 1.76. The van der Waals surface area contributed by atoms with Crippen LogP contribution in [0.15, 0.2) is 41.3 Å². The number of aryl methyl sites for hydroxylation is 1. The number of sulfonamides is 1. The molecule has 2 aromatic rings. The SMILES string of the molecule is COc1ccc(NS(=O)(=O)c2cc(N)c(C)cc2Cl)cc1. The van der Waals surface area contributed by atoms with Crippen LogP contribution in [-0.4, -0.2) is 15.5 Å². The zero-order valence-electron chi connectivity index (χ0n) is 11.6. The fourth-order valence-corrected chi connectivity index (χ4v) is 3.42. The van der Waals surface area contributed by atoms with E-state index < -0.39 is 10.0 Å². The lowest BCUT2D eigenvalue weighted by atomic mass is 10.2. The number of nitrogens with one attached hydrogen (secondary N) is 1. The highest BCUT2D eigenvalue weighted by atomic mass is 35.5. The molecule has 0 atom stereocenters. The van der Waals surface area contributed by atoms with Gasteiger partial charge in [-0.3, -0.25) is 4.72 Å². The van der Waals surface area contributed by atoms with Gasteiger partial charge in [-0.25, -0.2) is 8.42 Å². The molecule has 3 N–H and O–H groups in total. The van der Waals surface area contributed by atoms with E-state index in [1.165, 1.54) is 19.2 Å². The molecule has 0 radical (unpaired) electrons. The Hall–Kier alpha value is -1.92. The smallest absolute Gasteiger partial charge is 0.263 e. The number of rotatable bonds is 4. The number of methoxy groups -OCH3 is 1. The lowest BCUT2D eigenvalue weighted by Gasteiger charge is -2.11. The number of halogens is 1. The summed E-state index contributed by atoms with van der Waals surface area (Å²) in [4.78, 5) is -0.0527. The zero-order chi connectivity index (χ0) is 15.6. The molecule has 0 unspecified atom stereocenters. The first-order chi connectivity index (χ1) is 9.83. The first-order valence-electron chi connectivity index (χ1n) is 6.06. The minimum Gasteiger partial charge on any atom is -0.497 e. The molecule has 0 aliphatic rings. The molecule has 0 saturated heterocycles. The summed E-state index contributed by atoms with van der Waals surface area (Å²) in [5.74, 6) is 0.635. The monoisotopic (exact) mass is 326 g/mol. The van der Waals surface area contributed by atoms with Gasteiger partial charge in [-0.1, -0.05) is 11.6 Å². The topological polar surface area (TPSA) is 81.4 Å². The molecule has 0 fully saturated rings. The summed E-state index contributed by atoms with van der Waals surface area (Å²) in [6, 6.07) is 9.39. The molecule has 0 heterocycles. The molecule has 0 spiro atoms. The zero-order valence-corrected chi connectivity index (χ0v) is 13.1. The Balaban J connectivity index is 2.35. The van der Waals surface area contributed by atoms with E-state index in [0.29, 0.717) is 17.1 Å². The highest BCUT2D eigenvalue weighted by Gasteiger charge is 2.19. The van der Waals surface area contributed by atoms with E-state index >= 15 is 0 Å². The second-order valence-electron chi connectivity index (χ2n) is 4.47. The van der Waals surface area contributed by atoms with Crippen LogP contribution in [0.25, 0.3) is 0 Å². The maximum atomic E-state index is 12.4. The summed E-state index contributed by atoms with van der Waals surface area (Å²) in [6.07, 6.45) is 0. The fraction of sp³-hybridized carbons (Fsp3) is 0.143. The third-order valence-corrected chi connectivity index (χ3v) is 4.80. The van der Waals surface area contributed by atoms with Crippen LogP contribution < -0.4 is 15.2 Å². The van der Waals surface area contributed by atoms with Gasteiger partial charge >= 0.3 is 0 Å². The van der Waals surface area contributed by atoms with Gasteiger partial charge in [-0.2, -0.15) is 0 Å². The molecule has 0 amide bonds. The van der Waals surface area contributed by atoms with Crippen molar-refractivity contribution < 1.29 is 13.2 Å². The molecule has 7 heteroatoms. The number of hydrogen-bond acceptors (Lipinski definition) is 4. The molecule has 0 aliphatic heterocycles. The van der Waals surface area contributed by atoms with Crippen molar-refractivity contribution in [3.8, 4) is 5.75 Å². The van der Waals surface area contributed by atoms with Crippen molar-refractivity contribution in [2.45, 2.75) is 11.8 Å². The van der Waals surface area contributed by atoms with Crippen LogP contribution in [-0.2, 0) is 10.0 Å². The van der Waals surface area contributed by atoms with Gasteiger partial charge in [0, 0.05) is 11.4 Å². The lowest BCUT2D eigenvalue weighted by molar-refractivity contribution is 0.415. The van der Waals surface area contributed by atoms with Gasteiger partial charge in [-0.15, -0.1) is 0 Å². The number of nitrogen functional groups attached to an aromatic ring is 1. The van der Waals surface area contributed by atoms with E-state index in [-0.39, 0.29) is 9.92 Å². The minimum absolute atomic E-state index is 0.0527. The van der Waals surface area contributed by atoms with Crippen molar-refractivity contribution in [3.05, 3.63) is 47.0 Å². The van der Waals surface area contributed by atoms with Crippen molar-refractivity contribution in [1.29, 1.82) is 0 Å². The van der Waals surface area contributed by atoms with Gasteiger partial charge in [0.25, 0.3) is 10.0 Å². The first-order valence-corrected chi connectivity index (χ1v) is 7.92. The molecule has 0 saturated carbocycles. The van der Waals surface area contributed by atoms with Gasteiger partial charge in [0.2, 0.25) is 0 Å². The molecule has 0 aromatic heterocycles. The van der Waals surface area contributed by atoms with E-state index in [1.807, 2.05) is 0 Å². The average Bonchev–Trinajstić information content (AvgIpc) is 2.43. The maximum absolute atomic E-state index is 12.4. The summed E-state index contributed by atoms with van der Waals surface area (Å²) < 4.78 is 32.2. The normalized spacial score (nSPS) is 11.2. The Labute approximate surface area is 128 Å². The third kappa shape index (κ3) is 3.40. The van der Waals surface area contributed by atoms with Crippen molar-refractivity contribution in [1.82, 2.24) is 0 Å². The Kier molecular flexibility index (Phi) is 4.29. The summed E-state index contributed by atoms with van der Waals surface area (Å²) >= 11 is 6.01. The fourth-order valence-electron chi connectivity index (χ4n) is 1.74. The molecule has 21 heavy (non-hydrogen) atoms. The molecule has 0 bridgehead atoms. The second kappa shape index (κ2) is 5.83. The number of ether oxygens (including phenoxy) is 1. The molecule has 0 aliphatic carbocycles. The van der Waals surface area contributed by atoms with Crippen LogP contribution in [0.4, 0.5) is 11.4 Å². The van der Waals surface area contributed by atoms with Crippen molar-refractivity contribution in [2.75, 3.05) is 17.6 Å². The lowest BCUT2D eigenvalue weighted by Crippen LogP contribution is -2.14. The molecule has 112 valence electrons. The van der Waals surface area contributed by atoms with E-state index in [2.05, 4.69) is 4.72 Å². The van der Waals surface area contributed by atoms with Crippen LogP contribution in [0.1, 0.15) is 5.56 Å². The van der Waals surface area contributed by atoms with Gasteiger partial charge in [-0.05, 0) is 48.9 Å². The number of anilines is 2. The largest absolute Gasteiger partial charge is 0.497 e. The highest BCUT2D eigenvalue weighted by Crippen LogP contribution is 2.28. The van der Waals surface area contributed by atoms with E-state index in [4.69, 9.17) is 22.1 Å². The van der Waals surface area contributed by atoms with Gasteiger partial charge in [0.15, 0.2) is 0 Å². The Morgan fingerprint density at radius 3 is 2.38 bits per heavy atom. The molecule has 2 aromatic carbocycles. The predicted octanol–water partition coefficient (Wildman–Crippen LogP) is 3.04. The van der Waals surface area contributed by atoms with Crippen LogP contribution >= 0.6 is 11.6 Å². The van der Waals surface area contributed by atoms with Gasteiger partial charge in [0.1, 0.15) is 10.6 Å². The minimum atomic E-state index is -3.81. The Morgan fingerprint density at radius 1 is 1.19 bits per heavy atom. The molecule has 5 nitrogen and oxygen atoms in total. The summed E-state index contributed by atoms with van der Waals surface area (Å²) in [7, 11) is -2.27. The first kappa shape index (κ1) is 15.5. The van der Waals surface area contributed by atoms with Crippen LogP contribution in [0, 0.1) is 6.92 Å². The number of hydrogen-bond donors (Lipinski definition) is 2. The van der Waals surface area contributed by atoms with Crippen molar-refractivity contribution in [3.63, 3.8) is 0 Å². The van der Waals surface area contributed by atoms with Crippen LogP contribution in [0.5, 0.6) is 5.75 Å². The average molecular weight is 327 g/mol. The summed E-state index contributed by atoms with van der Waals surface area (Å²) in [5.41, 5.74) is 7.25. The van der Waals surface area contributed by atoms with E-state index in [9.17, 15) is 8.42 Å². The Morgan fingerprint density at radius 2 is 1.81 bits per heavy atom. The highest BCUT2D eigenvalue weighted by molar-refractivity contribution is 7.92. The third-order valence-electron chi connectivity index (χ3n) is 2.95. The molecular formula is C14H15ClN2O3S. The number of nitrogens with two attached hydrogens (primary N) is 1. The van der Waals surface area contributed by atoms with Gasteiger partial charge < -0.3 is 10.5 Å². The summed E-state index contributed by atoms with van der Waals surface area (Å²) in [5, 5.41) is 0.128. The van der Waals surface area contributed by atoms with Gasteiger partial charge in [0.05, 0.1) is 12.1 Å². The van der Waals surface area contributed by atoms with Crippen molar-refractivity contribution in [2.24, 2.45) is 0 Å². The van der Waals surface area contributed by atoms with Crippen LogP contribution in [0.2, 0.25) is 5.02 Å². The van der Waals surface area contributed by atoms with E-state index in [1.54, 1.807) is 31.2 Å². The standard InChI is InChI=1S/C14H15ClN2O3S/c1-9-7-12(15)14(8-13(9)16)21(18,19)17-10-3-5-11(20-2)6-4-10/h3-8,17H,16H2,1-2H3. The van der Waals surface area contributed by atoms with E-state index in [0.717, 1.165) is 5.56 Å². The molecular weight excluding hydrogens is 312 g/mol. The van der Waals surface area contributed by atoms with Crippen LogP contribution in [0.3, 0.4) is 0 Å². The molecule has 2 rings (SSSR count).